The van der Waals surface area contributed by atoms with Gasteiger partial charge in [0.1, 0.15) is 0 Å². The smallest absolute Gasteiger partial charge is 0.217 e. The fourth-order valence-electron chi connectivity index (χ4n) is 2.47. The van der Waals surface area contributed by atoms with Gasteiger partial charge in [-0.2, -0.15) is 0 Å². The van der Waals surface area contributed by atoms with Crippen molar-refractivity contribution in [2.75, 3.05) is 11.9 Å². The Morgan fingerprint density at radius 3 is 2.68 bits per heavy atom. The number of anilines is 1. The maximum atomic E-state index is 11.0. The highest BCUT2D eigenvalue weighted by atomic mass is 32.1. The van der Waals surface area contributed by atoms with Gasteiger partial charge in [0.25, 0.3) is 0 Å². The summed E-state index contributed by atoms with van der Waals surface area (Å²) in [6.07, 6.45) is 0.981. The van der Waals surface area contributed by atoms with Gasteiger partial charge in [-0.3, -0.25) is 4.79 Å². The number of rotatable bonds is 7. The van der Waals surface area contributed by atoms with Crippen molar-refractivity contribution in [3.8, 4) is 10.6 Å². The second-order valence-corrected chi connectivity index (χ2v) is 8.13. The summed E-state index contributed by atoms with van der Waals surface area (Å²) >= 11 is 3.36. The third kappa shape index (κ3) is 4.90. The number of hydrogen-bond donors (Lipinski definition) is 2. The van der Waals surface area contributed by atoms with Crippen molar-refractivity contribution in [3.05, 3.63) is 57.8 Å². The number of nitrogens with zero attached hydrogens (tertiary/aromatic N) is 1. The van der Waals surface area contributed by atoms with Crippen LogP contribution in [0.25, 0.3) is 10.6 Å². The topological polar surface area (TPSA) is 54.0 Å². The predicted molar refractivity (Wildman–Crippen MR) is 106 cm³/mol. The summed E-state index contributed by atoms with van der Waals surface area (Å²) in [5.41, 5.74) is 2.36. The van der Waals surface area contributed by atoms with Crippen LogP contribution in [0.2, 0.25) is 0 Å². The zero-order valence-corrected chi connectivity index (χ0v) is 16.0. The van der Waals surface area contributed by atoms with Gasteiger partial charge in [0.05, 0.1) is 17.1 Å². The third-order valence-corrected chi connectivity index (χ3v) is 5.76. The molecule has 0 atom stereocenters. The molecule has 0 aliphatic heterocycles. The van der Waals surface area contributed by atoms with Crippen molar-refractivity contribution < 1.29 is 4.79 Å². The highest BCUT2D eigenvalue weighted by molar-refractivity contribution is 7.18. The van der Waals surface area contributed by atoms with Crippen LogP contribution in [-0.4, -0.2) is 17.4 Å². The quantitative estimate of drug-likeness (QED) is 0.644. The zero-order valence-electron chi connectivity index (χ0n) is 14.3. The molecule has 130 valence electrons. The number of amides is 1. The summed E-state index contributed by atoms with van der Waals surface area (Å²) < 4.78 is 0. The number of aryl methyl sites for hydroxylation is 1. The van der Waals surface area contributed by atoms with Crippen LogP contribution in [0.3, 0.4) is 0 Å². The van der Waals surface area contributed by atoms with Gasteiger partial charge in [-0.25, -0.2) is 4.98 Å². The zero-order chi connectivity index (χ0) is 17.6. The monoisotopic (exact) mass is 371 g/mol. The molecule has 6 heteroatoms. The second-order valence-electron chi connectivity index (χ2n) is 5.76. The van der Waals surface area contributed by atoms with Gasteiger partial charge < -0.3 is 10.6 Å². The summed E-state index contributed by atoms with van der Waals surface area (Å²) in [7, 11) is 0. The van der Waals surface area contributed by atoms with Crippen molar-refractivity contribution in [1.29, 1.82) is 0 Å². The fourth-order valence-corrected chi connectivity index (χ4v) is 4.38. The van der Waals surface area contributed by atoms with Gasteiger partial charge in [-0.05, 0) is 31.0 Å². The Hall–Kier alpha value is -2.18. The highest BCUT2D eigenvalue weighted by Crippen LogP contribution is 2.34. The lowest BCUT2D eigenvalue weighted by atomic mass is 10.1. The molecule has 0 radical (unpaired) electrons. The van der Waals surface area contributed by atoms with Gasteiger partial charge in [0, 0.05) is 23.2 Å². The van der Waals surface area contributed by atoms with Crippen LogP contribution in [0.5, 0.6) is 0 Å². The number of hydrogen-bond acceptors (Lipinski definition) is 5. The van der Waals surface area contributed by atoms with Crippen molar-refractivity contribution in [2.45, 2.75) is 26.8 Å². The molecular formula is C19H21N3OS2. The van der Waals surface area contributed by atoms with Crippen molar-refractivity contribution in [3.63, 3.8) is 0 Å². The average Bonchev–Trinajstić information content (AvgIpc) is 3.20. The molecule has 3 aromatic rings. The number of thiophene rings is 1. The number of aromatic nitrogens is 1. The van der Waals surface area contributed by atoms with E-state index in [1.807, 2.05) is 6.07 Å². The SMILES string of the molecule is CC(=O)NCc1ccc(-c2nc(NCCc3ccccc3)sc2C)s1. The molecular weight excluding hydrogens is 350 g/mol. The van der Waals surface area contributed by atoms with Gasteiger partial charge >= 0.3 is 0 Å². The van der Waals surface area contributed by atoms with E-state index in [0.717, 1.165) is 33.5 Å². The lowest BCUT2D eigenvalue weighted by Crippen LogP contribution is -2.17. The molecule has 25 heavy (non-hydrogen) atoms. The summed E-state index contributed by atoms with van der Waals surface area (Å²) in [5, 5.41) is 7.22. The molecule has 0 aliphatic carbocycles. The van der Waals surface area contributed by atoms with E-state index in [2.05, 4.69) is 54.0 Å². The Morgan fingerprint density at radius 1 is 1.12 bits per heavy atom. The van der Waals surface area contributed by atoms with E-state index in [9.17, 15) is 4.79 Å². The Balaban J connectivity index is 1.61. The molecule has 1 amide bonds. The van der Waals surface area contributed by atoms with Gasteiger partial charge in [0.2, 0.25) is 5.91 Å². The van der Waals surface area contributed by atoms with Crippen LogP contribution in [0.4, 0.5) is 5.13 Å². The van der Waals surface area contributed by atoms with Crippen LogP contribution in [0, 0.1) is 6.92 Å². The normalized spacial score (nSPS) is 10.6. The third-order valence-electron chi connectivity index (χ3n) is 3.74. The molecule has 2 aromatic heterocycles. The van der Waals surface area contributed by atoms with Crippen molar-refractivity contribution >= 4 is 33.7 Å². The number of carbonyl (C=O) groups excluding carboxylic acids is 1. The van der Waals surface area contributed by atoms with E-state index in [0.29, 0.717) is 6.54 Å². The molecule has 0 spiro atoms. The van der Waals surface area contributed by atoms with Crippen molar-refractivity contribution in [2.24, 2.45) is 0 Å². The van der Waals surface area contributed by atoms with E-state index < -0.39 is 0 Å². The minimum Gasteiger partial charge on any atom is -0.361 e. The maximum absolute atomic E-state index is 11.0. The second kappa shape index (κ2) is 8.27. The number of thiazole rings is 1. The van der Waals surface area contributed by atoms with E-state index in [1.165, 1.54) is 17.4 Å². The van der Waals surface area contributed by atoms with Crippen LogP contribution in [0.15, 0.2) is 42.5 Å². The summed E-state index contributed by atoms with van der Waals surface area (Å²) in [6.45, 7) is 5.08. The van der Waals surface area contributed by atoms with Crippen LogP contribution >= 0.6 is 22.7 Å². The molecule has 4 nitrogen and oxygen atoms in total. The molecule has 1 aromatic carbocycles. The minimum absolute atomic E-state index is 0.00955. The van der Waals surface area contributed by atoms with Crippen molar-refractivity contribution in [1.82, 2.24) is 10.3 Å². The first-order chi connectivity index (χ1) is 12.1. The lowest BCUT2D eigenvalue weighted by molar-refractivity contribution is -0.119. The molecule has 3 rings (SSSR count). The predicted octanol–water partition coefficient (Wildman–Crippen LogP) is 4.47. The number of nitrogens with one attached hydrogen (secondary N) is 2. The van der Waals surface area contributed by atoms with Crippen LogP contribution in [0.1, 0.15) is 22.2 Å². The van der Waals surface area contributed by atoms with Gasteiger partial charge in [-0.15, -0.1) is 22.7 Å². The first kappa shape index (κ1) is 17.6. The van der Waals surface area contributed by atoms with E-state index in [-0.39, 0.29) is 5.91 Å². The first-order valence-electron chi connectivity index (χ1n) is 8.20. The van der Waals surface area contributed by atoms with Crippen LogP contribution in [-0.2, 0) is 17.8 Å². The van der Waals surface area contributed by atoms with E-state index in [1.54, 1.807) is 22.7 Å². The van der Waals surface area contributed by atoms with Crippen LogP contribution < -0.4 is 10.6 Å². The highest BCUT2D eigenvalue weighted by Gasteiger charge is 2.12. The minimum atomic E-state index is -0.00955. The number of benzene rings is 1. The Morgan fingerprint density at radius 2 is 1.92 bits per heavy atom. The standard InChI is InChI=1S/C19H21N3OS2/c1-13-18(17-9-8-16(25-17)12-21-14(2)23)22-19(24-13)20-11-10-15-6-4-3-5-7-15/h3-9H,10-12H2,1-2H3,(H,20,22)(H,21,23). The molecule has 0 unspecified atom stereocenters. The maximum Gasteiger partial charge on any atom is 0.217 e. The molecule has 0 bridgehead atoms. The first-order valence-corrected chi connectivity index (χ1v) is 9.84. The number of carbonyl (C=O) groups is 1. The van der Waals surface area contributed by atoms with E-state index >= 15 is 0 Å². The molecule has 0 aliphatic rings. The Bertz CT molecular complexity index is 839. The molecule has 0 fully saturated rings. The lowest BCUT2D eigenvalue weighted by Gasteiger charge is -2.02. The molecule has 2 N–H and O–H groups in total. The summed E-state index contributed by atoms with van der Waals surface area (Å²) in [4.78, 5) is 19.3. The molecule has 0 saturated carbocycles. The molecule has 2 heterocycles. The molecule has 0 saturated heterocycles. The summed E-state index contributed by atoms with van der Waals surface area (Å²) in [5.74, 6) is -0.00955. The van der Waals surface area contributed by atoms with E-state index in [4.69, 9.17) is 4.98 Å². The Labute approximate surface area is 155 Å². The average molecular weight is 372 g/mol. The van der Waals surface area contributed by atoms with Gasteiger partial charge in [0.15, 0.2) is 5.13 Å². The fraction of sp³-hybridized carbons (Fsp3) is 0.263. The Kier molecular flexibility index (Phi) is 5.83. The largest absolute Gasteiger partial charge is 0.361 e. The van der Waals surface area contributed by atoms with Gasteiger partial charge in [-0.1, -0.05) is 30.3 Å². The summed E-state index contributed by atoms with van der Waals surface area (Å²) in [6, 6.07) is 14.6.